The van der Waals surface area contributed by atoms with Gasteiger partial charge in [0, 0.05) is 44.8 Å². The minimum Gasteiger partial charge on any atom is -0.341 e. The van der Waals surface area contributed by atoms with E-state index in [9.17, 15) is 9.59 Å². The zero-order chi connectivity index (χ0) is 18.0. The summed E-state index contributed by atoms with van der Waals surface area (Å²) in [4.78, 5) is 31.5. The van der Waals surface area contributed by atoms with Crippen molar-refractivity contribution in [1.29, 1.82) is 0 Å². The van der Waals surface area contributed by atoms with Crippen LogP contribution >= 0.6 is 0 Å². The summed E-state index contributed by atoms with van der Waals surface area (Å²) in [6.07, 6.45) is 2.24. The first-order chi connectivity index (χ1) is 12.0. The Morgan fingerprint density at radius 3 is 2.16 bits per heavy atom. The first-order valence-electron chi connectivity index (χ1n) is 9.37. The van der Waals surface area contributed by atoms with Crippen molar-refractivity contribution >= 4 is 11.8 Å². The van der Waals surface area contributed by atoms with Crippen molar-refractivity contribution in [3.05, 3.63) is 34.9 Å². The molecule has 136 valence electrons. The van der Waals surface area contributed by atoms with Crippen LogP contribution in [0, 0.1) is 13.8 Å². The monoisotopic (exact) mass is 343 g/mol. The Hall–Kier alpha value is -1.88. The predicted octanol–water partition coefficient (Wildman–Crippen LogP) is 2.07. The number of hydrogen-bond donors (Lipinski definition) is 0. The van der Waals surface area contributed by atoms with E-state index in [1.54, 1.807) is 0 Å². The number of amides is 2. The maximum Gasteiger partial charge on any atom is 0.254 e. The smallest absolute Gasteiger partial charge is 0.254 e. The standard InChI is InChI=1S/C20H29N3O2/c1-15-6-7-18(16(2)14-15)20(25)23-12-10-21(11-13-23)17(3)19(24)22-8-4-5-9-22/h6-7,14,17H,4-5,8-13H2,1-3H3/t17-/m0/s1. The van der Waals surface area contributed by atoms with E-state index in [0.717, 1.165) is 50.1 Å². The molecule has 5 heteroatoms. The number of aryl methyl sites for hydroxylation is 2. The maximum absolute atomic E-state index is 12.8. The molecule has 0 N–H and O–H groups in total. The van der Waals surface area contributed by atoms with E-state index >= 15 is 0 Å². The molecule has 1 atom stereocenters. The van der Waals surface area contributed by atoms with Crippen LogP contribution in [0.1, 0.15) is 41.3 Å². The minimum atomic E-state index is -0.0866. The lowest BCUT2D eigenvalue weighted by molar-refractivity contribution is -0.135. The number of piperazine rings is 1. The van der Waals surface area contributed by atoms with Crippen LogP contribution in [0.2, 0.25) is 0 Å². The number of hydrogen-bond acceptors (Lipinski definition) is 3. The fraction of sp³-hybridized carbons (Fsp3) is 0.600. The molecule has 2 heterocycles. The third-order valence-electron chi connectivity index (χ3n) is 5.54. The summed E-state index contributed by atoms with van der Waals surface area (Å²) in [6.45, 7) is 10.7. The Bertz CT molecular complexity index is 644. The first kappa shape index (κ1) is 17.9. The highest BCUT2D eigenvalue weighted by molar-refractivity contribution is 5.95. The summed E-state index contributed by atoms with van der Waals surface area (Å²) in [7, 11) is 0. The Kier molecular flexibility index (Phi) is 5.42. The molecule has 0 saturated carbocycles. The Labute approximate surface area is 150 Å². The molecule has 0 aromatic heterocycles. The van der Waals surface area contributed by atoms with Gasteiger partial charge in [-0.1, -0.05) is 17.7 Å². The number of carbonyl (C=O) groups is 2. The molecule has 0 aliphatic carbocycles. The van der Waals surface area contributed by atoms with Gasteiger partial charge in [0.1, 0.15) is 0 Å². The van der Waals surface area contributed by atoms with Crippen molar-refractivity contribution in [1.82, 2.24) is 14.7 Å². The molecule has 3 rings (SSSR count). The van der Waals surface area contributed by atoms with Crippen LogP contribution < -0.4 is 0 Å². The van der Waals surface area contributed by atoms with Gasteiger partial charge in [0.2, 0.25) is 5.91 Å². The molecule has 0 unspecified atom stereocenters. The summed E-state index contributed by atoms with van der Waals surface area (Å²) >= 11 is 0. The molecular formula is C20H29N3O2. The Morgan fingerprint density at radius 1 is 0.920 bits per heavy atom. The molecule has 2 amide bonds. The molecule has 2 aliphatic heterocycles. The molecule has 2 fully saturated rings. The second-order valence-corrected chi connectivity index (χ2v) is 7.35. The highest BCUT2D eigenvalue weighted by Gasteiger charge is 2.31. The molecule has 1 aromatic carbocycles. The average Bonchev–Trinajstić information content (AvgIpc) is 3.15. The second kappa shape index (κ2) is 7.56. The summed E-state index contributed by atoms with van der Waals surface area (Å²) in [6, 6.07) is 5.89. The number of carbonyl (C=O) groups excluding carboxylic acids is 2. The highest BCUT2D eigenvalue weighted by atomic mass is 16.2. The van der Waals surface area contributed by atoms with E-state index in [2.05, 4.69) is 11.0 Å². The molecule has 2 saturated heterocycles. The van der Waals surface area contributed by atoms with Gasteiger partial charge >= 0.3 is 0 Å². The normalized spacial score (nSPS) is 20.0. The molecule has 1 aromatic rings. The zero-order valence-corrected chi connectivity index (χ0v) is 15.6. The molecule has 0 spiro atoms. The summed E-state index contributed by atoms with van der Waals surface area (Å²) in [5, 5.41) is 0. The van der Waals surface area contributed by atoms with Crippen molar-refractivity contribution in [3.63, 3.8) is 0 Å². The quantitative estimate of drug-likeness (QED) is 0.844. The van der Waals surface area contributed by atoms with Crippen LogP contribution in [-0.2, 0) is 4.79 Å². The molecule has 0 bridgehead atoms. The van der Waals surface area contributed by atoms with Crippen molar-refractivity contribution < 1.29 is 9.59 Å². The van der Waals surface area contributed by atoms with E-state index in [4.69, 9.17) is 0 Å². The summed E-state index contributed by atoms with van der Waals surface area (Å²) in [5.74, 6) is 0.349. The number of nitrogens with zero attached hydrogens (tertiary/aromatic N) is 3. The van der Waals surface area contributed by atoms with Gasteiger partial charge in [-0.05, 0) is 45.2 Å². The van der Waals surface area contributed by atoms with Gasteiger partial charge in [0.05, 0.1) is 6.04 Å². The van der Waals surface area contributed by atoms with Crippen LogP contribution in [0.25, 0.3) is 0 Å². The highest BCUT2D eigenvalue weighted by Crippen LogP contribution is 2.17. The first-order valence-corrected chi connectivity index (χ1v) is 9.37. The SMILES string of the molecule is Cc1ccc(C(=O)N2CCN([C@@H](C)C(=O)N3CCCC3)CC2)c(C)c1. The zero-order valence-electron chi connectivity index (χ0n) is 15.6. The largest absolute Gasteiger partial charge is 0.341 e. The second-order valence-electron chi connectivity index (χ2n) is 7.35. The molecule has 2 aliphatic rings. The van der Waals surface area contributed by atoms with Gasteiger partial charge in [-0.3, -0.25) is 14.5 Å². The molecular weight excluding hydrogens is 314 g/mol. The van der Waals surface area contributed by atoms with Crippen LogP contribution in [0.4, 0.5) is 0 Å². The Morgan fingerprint density at radius 2 is 1.56 bits per heavy atom. The van der Waals surface area contributed by atoms with E-state index in [1.807, 2.05) is 42.7 Å². The van der Waals surface area contributed by atoms with Crippen molar-refractivity contribution in [2.45, 2.75) is 39.7 Å². The maximum atomic E-state index is 12.8. The Balaban J connectivity index is 1.57. The van der Waals surface area contributed by atoms with Crippen molar-refractivity contribution in [2.75, 3.05) is 39.3 Å². The van der Waals surface area contributed by atoms with Gasteiger partial charge < -0.3 is 9.80 Å². The molecule has 5 nitrogen and oxygen atoms in total. The summed E-state index contributed by atoms with van der Waals surface area (Å²) in [5.41, 5.74) is 3.00. The van der Waals surface area contributed by atoms with Gasteiger partial charge in [-0.25, -0.2) is 0 Å². The summed E-state index contributed by atoms with van der Waals surface area (Å²) < 4.78 is 0. The van der Waals surface area contributed by atoms with E-state index < -0.39 is 0 Å². The number of rotatable bonds is 3. The fourth-order valence-corrected chi connectivity index (χ4v) is 3.89. The van der Waals surface area contributed by atoms with Crippen LogP contribution in [0.3, 0.4) is 0 Å². The predicted molar refractivity (Wildman–Crippen MR) is 98.7 cm³/mol. The van der Waals surface area contributed by atoms with Gasteiger partial charge in [-0.15, -0.1) is 0 Å². The van der Waals surface area contributed by atoms with Gasteiger partial charge in [0.15, 0.2) is 0 Å². The number of likely N-dealkylation sites (tertiary alicyclic amines) is 1. The molecule has 25 heavy (non-hydrogen) atoms. The number of benzene rings is 1. The third-order valence-corrected chi connectivity index (χ3v) is 5.54. The lowest BCUT2D eigenvalue weighted by atomic mass is 10.0. The van der Waals surface area contributed by atoms with Crippen molar-refractivity contribution in [2.24, 2.45) is 0 Å². The van der Waals surface area contributed by atoms with Crippen molar-refractivity contribution in [3.8, 4) is 0 Å². The third kappa shape index (κ3) is 3.87. The molecule has 0 radical (unpaired) electrons. The van der Waals surface area contributed by atoms with E-state index in [-0.39, 0.29) is 17.9 Å². The lowest BCUT2D eigenvalue weighted by Gasteiger charge is -2.38. The van der Waals surface area contributed by atoms with Crippen LogP contribution in [-0.4, -0.2) is 71.8 Å². The van der Waals surface area contributed by atoms with Crippen LogP contribution in [0.5, 0.6) is 0 Å². The fourth-order valence-electron chi connectivity index (χ4n) is 3.89. The van der Waals surface area contributed by atoms with E-state index in [1.165, 1.54) is 5.56 Å². The minimum absolute atomic E-state index is 0.0866. The average molecular weight is 343 g/mol. The lowest BCUT2D eigenvalue weighted by Crippen LogP contribution is -2.55. The topological polar surface area (TPSA) is 43.9 Å². The van der Waals surface area contributed by atoms with E-state index in [0.29, 0.717) is 13.1 Å². The van der Waals surface area contributed by atoms with Gasteiger partial charge in [0.25, 0.3) is 5.91 Å². The van der Waals surface area contributed by atoms with Crippen LogP contribution in [0.15, 0.2) is 18.2 Å². The van der Waals surface area contributed by atoms with Gasteiger partial charge in [-0.2, -0.15) is 0 Å².